The molecule has 2 amide bonds. The minimum atomic E-state index is -2.66. The fourth-order valence-corrected chi connectivity index (χ4v) is 5.57. The number of pyridine rings is 1. The van der Waals surface area contributed by atoms with E-state index >= 15 is 0 Å². The number of para-hydroxylation sites is 1. The van der Waals surface area contributed by atoms with E-state index in [0.717, 1.165) is 25.0 Å². The van der Waals surface area contributed by atoms with Crippen LogP contribution < -0.4 is 5.32 Å². The number of anilines is 1. The Bertz CT molecular complexity index is 1410. The maximum Gasteiger partial charge on any atom is 0.261 e. The van der Waals surface area contributed by atoms with Crippen molar-refractivity contribution >= 4 is 40.4 Å². The van der Waals surface area contributed by atoms with Gasteiger partial charge in [-0.3, -0.25) is 24.8 Å². The molecule has 206 valence electrons. The SMILES string of the molecule is Cc1cc(C(=O)Nc2nc3cccc(Cl)c3n2C2CCCCN(C(=O)/C=C/CN3CCC(F)(F)C3)C2)ccn1. The maximum atomic E-state index is 13.5. The van der Waals surface area contributed by atoms with E-state index in [2.05, 4.69) is 15.3 Å². The number of carbonyl (C=O) groups excluding carboxylic acids is 2. The molecule has 5 rings (SSSR count). The average Bonchev–Trinajstić information content (AvgIpc) is 3.33. The minimum absolute atomic E-state index is 0.149. The Morgan fingerprint density at radius 2 is 2.08 bits per heavy atom. The van der Waals surface area contributed by atoms with E-state index in [9.17, 15) is 18.4 Å². The number of nitrogens with one attached hydrogen (secondary N) is 1. The minimum Gasteiger partial charge on any atom is -0.337 e. The smallest absolute Gasteiger partial charge is 0.261 e. The van der Waals surface area contributed by atoms with E-state index in [1.54, 1.807) is 40.3 Å². The van der Waals surface area contributed by atoms with Crippen molar-refractivity contribution in [2.45, 2.75) is 44.6 Å². The molecule has 0 aliphatic carbocycles. The Labute approximate surface area is 230 Å². The maximum absolute atomic E-state index is 13.5. The third kappa shape index (κ3) is 6.28. The zero-order valence-corrected chi connectivity index (χ0v) is 22.5. The first-order valence-electron chi connectivity index (χ1n) is 13.2. The molecule has 2 saturated heterocycles. The van der Waals surface area contributed by atoms with E-state index in [1.165, 1.54) is 6.08 Å². The van der Waals surface area contributed by atoms with Gasteiger partial charge in [0, 0.05) is 56.1 Å². The van der Waals surface area contributed by atoms with Gasteiger partial charge in [0.15, 0.2) is 0 Å². The van der Waals surface area contributed by atoms with E-state index in [0.29, 0.717) is 53.7 Å². The van der Waals surface area contributed by atoms with Gasteiger partial charge in [-0.1, -0.05) is 23.7 Å². The number of likely N-dealkylation sites (tertiary alicyclic amines) is 2. The highest BCUT2D eigenvalue weighted by atomic mass is 35.5. The molecule has 1 unspecified atom stereocenters. The second-order valence-electron chi connectivity index (χ2n) is 10.2. The number of alkyl halides is 2. The molecule has 0 bridgehead atoms. The van der Waals surface area contributed by atoms with Gasteiger partial charge in [-0.25, -0.2) is 13.8 Å². The van der Waals surface area contributed by atoms with Crippen LogP contribution in [0.1, 0.15) is 47.8 Å². The fourth-order valence-electron chi connectivity index (χ4n) is 5.31. The highest BCUT2D eigenvalue weighted by Crippen LogP contribution is 2.34. The van der Waals surface area contributed by atoms with Crippen molar-refractivity contribution in [2.24, 2.45) is 0 Å². The predicted molar refractivity (Wildman–Crippen MR) is 146 cm³/mol. The predicted octanol–water partition coefficient (Wildman–Crippen LogP) is 5.10. The molecule has 0 saturated carbocycles. The van der Waals surface area contributed by atoms with Crippen LogP contribution in [0.25, 0.3) is 11.0 Å². The molecule has 0 radical (unpaired) electrons. The Hall–Kier alpha value is -3.37. The molecule has 1 aromatic carbocycles. The lowest BCUT2D eigenvalue weighted by atomic mass is 10.1. The van der Waals surface area contributed by atoms with Crippen LogP contribution in [0.15, 0.2) is 48.7 Å². The fraction of sp³-hybridized carbons (Fsp3) is 0.429. The van der Waals surface area contributed by atoms with Crippen molar-refractivity contribution in [3.63, 3.8) is 0 Å². The van der Waals surface area contributed by atoms with Crippen molar-refractivity contribution < 1.29 is 18.4 Å². The van der Waals surface area contributed by atoms with Gasteiger partial charge in [-0.15, -0.1) is 0 Å². The molecule has 2 aliphatic rings. The lowest BCUT2D eigenvalue weighted by Crippen LogP contribution is -2.35. The molecule has 2 fully saturated rings. The summed E-state index contributed by atoms with van der Waals surface area (Å²) in [7, 11) is 0. The van der Waals surface area contributed by atoms with Crippen molar-refractivity contribution in [1.82, 2.24) is 24.3 Å². The lowest BCUT2D eigenvalue weighted by Gasteiger charge is -2.26. The van der Waals surface area contributed by atoms with Crippen LogP contribution in [0.3, 0.4) is 0 Å². The highest BCUT2D eigenvalue weighted by Gasteiger charge is 2.37. The van der Waals surface area contributed by atoms with Gasteiger partial charge in [0.05, 0.1) is 28.6 Å². The van der Waals surface area contributed by atoms with Crippen LogP contribution in [-0.4, -0.2) is 74.8 Å². The molecular weight excluding hydrogens is 526 g/mol. The lowest BCUT2D eigenvalue weighted by molar-refractivity contribution is -0.126. The van der Waals surface area contributed by atoms with Crippen molar-refractivity contribution in [2.75, 3.05) is 38.0 Å². The molecular formula is C28H31ClF2N6O2. The first-order chi connectivity index (χ1) is 18.7. The normalized spacial score (nSPS) is 20.0. The molecule has 3 aromatic rings. The summed E-state index contributed by atoms with van der Waals surface area (Å²) in [6, 6.07) is 8.60. The van der Waals surface area contributed by atoms with Gasteiger partial charge in [-0.05, 0) is 50.5 Å². The number of nitrogens with zero attached hydrogens (tertiary/aromatic N) is 5. The van der Waals surface area contributed by atoms with Gasteiger partial charge in [0.2, 0.25) is 11.9 Å². The number of imidazole rings is 1. The number of rotatable bonds is 6. The zero-order valence-electron chi connectivity index (χ0n) is 21.7. The number of fused-ring (bicyclic) bond motifs is 1. The van der Waals surface area contributed by atoms with Crippen molar-refractivity contribution in [3.8, 4) is 0 Å². The first kappa shape index (κ1) is 27.2. The summed E-state index contributed by atoms with van der Waals surface area (Å²) in [4.78, 5) is 38.5. The van der Waals surface area contributed by atoms with Crippen LogP contribution in [0.4, 0.5) is 14.7 Å². The van der Waals surface area contributed by atoms with Gasteiger partial charge in [0.25, 0.3) is 11.8 Å². The summed E-state index contributed by atoms with van der Waals surface area (Å²) in [6.45, 7) is 3.15. The summed E-state index contributed by atoms with van der Waals surface area (Å²) in [5, 5.41) is 3.45. The second kappa shape index (κ2) is 11.4. The Morgan fingerprint density at radius 3 is 2.85 bits per heavy atom. The molecule has 4 heterocycles. The molecule has 2 aromatic heterocycles. The first-order valence-corrected chi connectivity index (χ1v) is 13.5. The highest BCUT2D eigenvalue weighted by molar-refractivity contribution is 6.35. The van der Waals surface area contributed by atoms with Crippen molar-refractivity contribution in [1.29, 1.82) is 0 Å². The number of aryl methyl sites for hydroxylation is 1. The number of halogens is 3. The quantitative estimate of drug-likeness (QED) is 0.427. The molecule has 1 atom stereocenters. The molecule has 1 N–H and O–H groups in total. The van der Waals surface area contributed by atoms with E-state index in [-0.39, 0.29) is 30.8 Å². The van der Waals surface area contributed by atoms with E-state index in [4.69, 9.17) is 11.6 Å². The topological polar surface area (TPSA) is 83.4 Å². The van der Waals surface area contributed by atoms with Gasteiger partial charge in [0.1, 0.15) is 0 Å². The van der Waals surface area contributed by atoms with E-state index < -0.39 is 5.92 Å². The van der Waals surface area contributed by atoms with Crippen LogP contribution >= 0.6 is 11.6 Å². The molecule has 0 spiro atoms. The Morgan fingerprint density at radius 1 is 1.23 bits per heavy atom. The summed E-state index contributed by atoms with van der Waals surface area (Å²) >= 11 is 6.63. The van der Waals surface area contributed by atoms with Gasteiger partial charge < -0.3 is 9.47 Å². The standard InChI is InChI=1S/C28H31ClF2N6O2/c1-19-16-20(10-12-32-19)26(39)34-27-33-23-8-4-7-22(29)25(23)37(27)21-6-2-3-14-36(17-21)24(38)9-5-13-35-15-11-28(30,31)18-35/h4-5,7-10,12,16,21H,2-3,6,11,13-15,17-18H2,1H3,(H,33,34,39)/b9-5+. The Balaban J connectivity index is 1.38. The van der Waals surface area contributed by atoms with Gasteiger partial charge >= 0.3 is 0 Å². The summed E-state index contributed by atoms with van der Waals surface area (Å²) in [6.07, 6.45) is 7.05. The number of aromatic nitrogens is 3. The average molecular weight is 557 g/mol. The molecule has 2 aliphatic heterocycles. The van der Waals surface area contributed by atoms with Crippen LogP contribution in [0, 0.1) is 6.92 Å². The number of hydrogen-bond acceptors (Lipinski definition) is 5. The number of hydrogen-bond donors (Lipinski definition) is 1. The third-order valence-electron chi connectivity index (χ3n) is 7.24. The van der Waals surface area contributed by atoms with E-state index in [1.807, 2.05) is 23.6 Å². The summed E-state index contributed by atoms with van der Waals surface area (Å²) in [5.74, 6) is -2.78. The van der Waals surface area contributed by atoms with Crippen LogP contribution in [-0.2, 0) is 4.79 Å². The second-order valence-corrected chi connectivity index (χ2v) is 10.6. The molecule has 8 nitrogen and oxygen atoms in total. The number of amides is 2. The van der Waals surface area contributed by atoms with Crippen LogP contribution in [0.2, 0.25) is 5.02 Å². The largest absolute Gasteiger partial charge is 0.337 e. The monoisotopic (exact) mass is 556 g/mol. The Kier molecular flexibility index (Phi) is 7.95. The van der Waals surface area contributed by atoms with Crippen molar-refractivity contribution in [3.05, 3.63) is 65.0 Å². The molecule has 39 heavy (non-hydrogen) atoms. The number of benzene rings is 1. The third-order valence-corrected chi connectivity index (χ3v) is 7.55. The zero-order chi connectivity index (χ0) is 27.6. The molecule has 11 heteroatoms. The van der Waals surface area contributed by atoms with Crippen LogP contribution in [0.5, 0.6) is 0 Å². The number of carbonyl (C=O) groups is 2. The summed E-state index contributed by atoms with van der Waals surface area (Å²) in [5.41, 5.74) is 2.53. The van der Waals surface area contributed by atoms with Gasteiger partial charge in [-0.2, -0.15) is 0 Å². The summed E-state index contributed by atoms with van der Waals surface area (Å²) < 4.78 is 28.9.